The monoisotopic (exact) mass is 292 g/mol. The summed E-state index contributed by atoms with van der Waals surface area (Å²) >= 11 is 1.36. The van der Waals surface area contributed by atoms with E-state index in [0.29, 0.717) is 10.6 Å². The summed E-state index contributed by atoms with van der Waals surface area (Å²) in [5, 5.41) is 0.799. The van der Waals surface area contributed by atoms with Crippen molar-refractivity contribution in [2.75, 3.05) is 0 Å². The lowest BCUT2D eigenvalue weighted by atomic mass is 10.3. The molecular formula is C13H16N2O2SSi. The predicted molar refractivity (Wildman–Crippen MR) is 78.8 cm³/mol. The third-order valence-electron chi connectivity index (χ3n) is 2.29. The zero-order valence-electron chi connectivity index (χ0n) is 11.4. The summed E-state index contributed by atoms with van der Waals surface area (Å²) in [6.45, 7) is 7.80. The van der Waals surface area contributed by atoms with Gasteiger partial charge in [-0.1, -0.05) is 0 Å². The van der Waals surface area contributed by atoms with Gasteiger partial charge in [-0.3, -0.25) is 4.98 Å². The molecule has 0 aliphatic rings. The van der Waals surface area contributed by atoms with Gasteiger partial charge in [0.05, 0.1) is 5.69 Å². The number of nitrogens with zero attached hydrogens (tertiary/aromatic N) is 2. The number of aryl methyl sites for hydroxylation is 1. The van der Waals surface area contributed by atoms with Crippen LogP contribution < -0.4 is 0 Å². The van der Waals surface area contributed by atoms with Crippen molar-refractivity contribution in [1.82, 2.24) is 9.97 Å². The van der Waals surface area contributed by atoms with Gasteiger partial charge in [0.25, 0.3) is 0 Å². The minimum atomic E-state index is -1.88. The summed E-state index contributed by atoms with van der Waals surface area (Å²) in [5.74, 6) is -0.260. The molecular weight excluding hydrogens is 276 g/mol. The second-order valence-corrected chi connectivity index (χ2v) is 10.6. The Balaban J connectivity index is 2.30. The van der Waals surface area contributed by atoms with Gasteiger partial charge in [0.1, 0.15) is 9.88 Å². The fraction of sp³-hybridized carbons (Fsp3) is 0.308. The largest absolute Gasteiger partial charge is 0.516 e. The first-order valence-electron chi connectivity index (χ1n) is 5.98. The van der Waals surface area contributed by atoms with Crippen LogP contribution in [0.1, 0.15) is 15.4 Å². The van der Waals surface area contributed by atoms with Crippen molar-refractivity contribution in [2.45, 2.75) is 26.6 Å². The number of hydrogen-bond donors (Lipinski definition) is 0. The summed E-state index contributed by atoms with van der Waals surface area (Å²) in [6, 6.07) is 3.78. The quantitative estimate of drug-likeness (QED) is 0.812. The van der Waals surface area contributed by atoms with Crippen molar-refractivity contribution in [1.29, 1.82) is 0 Å². The molecule has 2 aromatic rings. The molecule has 0 aromatic carbocycles. The van der Waals surface area contributed by atoms with Gasteiger partial charge in [-0.2, -0.15) is 0 Å². The number of rotatable bonds is 3. The van der Waals surface area contributed by atoms with E-state index in [1.54, 1.807) is 12.4 Å². The van der Waals surface area contributed by atoms with Crippen molar-refractivity contribution in [2.24, 2.45) is 0 Å². The number of carbonyl (C=O) groups is 1. The number of aromatic nitrogens is 2. The third-order valence-corrected chi connectivity index (χ3v) is 4.27. The topological polar surface area (TPSA) is 52.1 Å². The van der Waals surface area contributed by atoms with Gasteiger partial charge in [0, 0.05) is 18.0 Å². The maximum Gasteiger partial charge on any atom is 0.336 e. The fourth-order valence-corrected chi connectivity index (χ4v) is 3.19. The first kappa shape index (κ1) is 13.9. The molecule has 2 rings (SSSR count). The minimum Gasteiger partial charge on any atom is -0.516 e. The van der Waals surface area contributed by atoms with Crippen LogP contribution in [0.3, 0.4) is 0 Å². The smallest absolute Gasteiger partial charge is 0.336 e. The van der Waals surface area contributed by atoms with Crippen LogP contribution in [0.25, 0.3) is 10.6 Å². The van der Waals surface area contributed by atoms with Gasteiger partial charge < -0.3 is 4.43 Å². The van der Waals surface area contributed by atoms with Crippen molar-refractivity contribution in [3.63, 3.8) is 0 Å². The molecule has 100 valence electrons. The van der Waals surface area contributed by atoms with E-state index in [1.165, 1.54) is 11.3 Å². The Labute approximate surface area is 117 Å². The first-order valence-corrected chi connectivity index (χ1v) is 10.2. The molecule has 0 aliphatic heterocycles. The maximum atomic E-state index is 12.1. The van der Waals surface area contributed by atoms with E-state index >= 15 is 0 Å². The van der Waals surface area contributed by atoms with Crippen LogP contribution in [-0.4, -0.2) is 24.3 Å². The highest BCUT2D eigenvalue weighted by molar-refractivity contribution is 7.17. The van der Waals surface area contributed by atoms with Crippen LogP contribution >= 0.6 is 11.3 Å². The maximum absolute atomic E-state index is 12.1. The van der Waals surface area contributed by atoms with Gasteiger partial charge >= 0.3 is 5.97 Å². The Kier molecular flexibility index (Phi) is 3.82. The van der Waals surface area contributed by atoms with E-state index in [9.17, 15) is 4.79 Å². The van der Waals surface area contributed by atoms with Gasteiger partial charge in [0.2, 0.25) is 8.32 Å². The van der Waals surface area contributed by atoms with Gasteiger partial charge in [-0.05, 0) is 38.7 Å². The Morgan fingerprint density at radius 3 is 2.68 bits per heavy atom. The standard InChI is InChI=1S/C13H16N2O2SSi/c1-9-11(13(16)17-19(2,3)4)18-12(15-9)10-6-5-7-14-8-10/h5-8H,1-4H3. The highest BCUT2D eigenvalue weighted by Gasteiger charge is 2.24. The summed E-state index contributed by atoms with van der Waals surface area (Å²) in [4.78, 5) is 21.2. The lowest BCUT2D eigenvalue weighted by Gasteiger charge is -2.16. The molecule has 0 atom stereocenters. The molecule has 0 N–H and O–H groups in total. The fourth-order valence-electron chi connectivity index (χ4n) is 1.52. The van der Waals surface area contributed by atoms with E-state index in [1.807, 2.05) is 38.7 Å². The van der Waals surface area contributed by atoms with Crippen LogP contribution in [0.2, 0.25) is 19.6 Å². The van der Waals surface area contributed by atoms with Crippen LogP contribution in [0.5, 0.6) is 0 Å². The zero-order valence-corrected chi connectivity index (χ0v) is 13.2. The minimum absolute atomic E-state index is 0.260. The van der Waals surface area contributed by atoms with E-state index in [2.05, 4.69) is 9.97 Å². The third kappa shape index (κ3) is 3.48. The Bertz CT molecular complexity index is 590. The molecule has 0 unspecified atom stereocenters. The van der Waals surface area contributed by atoms with E-state index < -0.39 is 8.32 Å². The Hall–Kier alpha value is -1.53. The Morgan fingerprint density at radius 1 is 1.37 bits per heavy atom. The zero-order chi connectivity index (χ0) is 14.0. The normalized spacial score (nSPS) is 11.4. The van der Waals surface area contributed by atoms with Crippen LogP contribution in [0.4, 0.5) is 0 Å². The second-order valence-electron chi connectivity index (χ2n) is 5.18. The molecule has 0 bridgehead atoms. The van der Waals surface area contributed by atoms with E-state index in [0.717, 1.165) is 10.6 Å². The summed E-state index contributed by atoms with van der Waals surface area (Å²) in [7, 11) is -1.88. The highest BCUT2D eigenvalue weighted by Crippen LogP contribution is 2.28. The lowest BCUT2D eigenvalue weighted by molar-refractivity contribution is 0.0729. The van der Waals surface area contributed by atoms with Gasteiger partial charge in [0.15, 0.2) is 0 Å². The lowest BCUT2D eigenvalue weighted by Crippen LogP contribution is -2.29. The number of carbonyl (C=O) groups excluding carboxylic acids is 1. The molecule has 0 saturated carbocycles. The van der Waals surface area contributed by atoms with Gasteiger partial charge in [-0.25, -0.2) is 9.78 Å². The molecule has 0 radical (unpaired) electrons. The number of hydrogen-bond acceptors (Lipinski definition) is 5. The van der Waals surface area contributed by atoms with Crippen molar-refractivity contribution >= 4 is 25.6 Å². The van der Waals surface area contributed by atoms with E-state index in [-0.39, 0.29) is 5.97 Å². The molecule has 0 spiro atoms. The van der Waals surface area contributed by atoms with Crippen LogP contribution in [-0.2, 0) is 4.43 Å². The number of thiazole rings is 1. The van der Waals surface area contributed by atoms with Crippen molar-refractivity contribution in [3.05, 3.63) is 35.1 Å². The molecule has 2 heterocycles. The molecule has 19 heavy (non-hydrogen) atoms. The molecule has 6 heteroatoms. The van der Waals surface area contributed by atoms with Crippen molar-refractivity contribution < 1.29 is 9.22 Å². The second kappa shape index (κ2) is 5.22. The van der Waals surface area contributed by atoms with Crippen molar-refractivity contribution in [3.8, 4) is 10.6 Å². The SMILES string of the molecule is Cc1nc(-c2cccnc2)sc1C(=O)O[Si](C)(C)C. The molecule has 4 nitrogen and oxygen atoms in total. The van der Waals surface area contributed by atoms with Crippen LogP contribution in [0.15, 0.2) is 24.5 Å². The molecule has 0 amide bonds. The summed E-state index contributed by atoms with van der Waals surface area (Å²) < 4.78 is 5.51. The molecule has 0 saturated heterocycles. The molecule has 2 aromatic heterocycles. The Morgan fingerprint density at radius 2 is 2.11 bits per heavy atom. The molecule has 0 aliphatic carbocycles. The van der Waals surface area contributed by atoms with E-state index in [4.69, 9.17) is 4.43 Å². The summed E-state index contributed by atoms with van der Waals surface area (Å²) in [5.41, 5.74) is 1.63. The average Bonchev–Trinajstić information content (AvgIpc) is 2.70. The predicted octanol–water partition coefficient (Wildman–Crippen LogP) is 3.51. The molecule has 0 fully saturated rings. The van der Waals surface area contributed by atoms with Gasteiger partial charge in [-0.15, -0.1) is 11.3 Å². The average molecular weight is 292 g/mol. The van der Waals surface area contributed by atoms with Crippen LogP contribution in [0, 0.1) is 6.92 Å². The highest BCUT2D eigenvalue weighted by atomic mass is 32.1. The first-order chi connectivity index (χ1) is 8.87. The summed E-state index contributed by atoms with van der Waals surface area (Å²) in [6.07, 6.45) is 3.45. The number of pyridine rings is 1.